The summed E-state index contributed by atoms with van der Waals surface area (Å²) in [5, 5.41) is 7.31. The summed E-state index contributed by atoms with van der Waals surface area (Å²) in [4.78, 5) is 7.92. The van der Waals surface area contributed by atoms with Crippen LogP contribution in [0.1, 0.15) is 23.8 Å². The molecule has 21 heavy (non-hydrogen) atoms. The molecule has 0 spiro atoms. The summed E-state index contributed by atoms with van der Waals surface area (Å²) in [5.74, 6) is 1.86. The number of rotatable bonds is 2. The summed E-state index contributed by atoms with van der Waals surface area (Å²) in [6.45, 7) is 2.40. The molecule has 0 saturated heterocycles. The molecule has 2 aromatic rings. The minimum absolute atomic E-state index is 0.00502. The second kappa shape index (κ2) is 5.01. The van der Waals surface area contributed by atoms with Gasteiger partial charge in [-0.2, -0.15) is 18.3 Å². The lowest BCUT2D eigenvalue weighted by Crippen LogP contribution is -2.32. The average Bonchev–Trinajstić information content (AvgIpc) is 2.77. The van der Waals surface area contributed by atoms with E-state index in [1.54, 1.807) is 4.68 Å². The van der Waals surface area contributed by atoms with Crippen LogP contribution in [0.25, 0.3) is 0 Å². The average molecular weight is 297 g/mol. The van der Waals surface area contributed by atoms with Crippen molar-refractivity contribution in [3.8, 4) is 0 Å². The molecule has 1 aliphatic heterocycles. The van der Waals surface area contributed by atoms with Gasteiger partial charge >= 0.3 is 6.18 Å². The van der Waals surface area contributed by atoms with Crippen LogP contribution in [0.15, 0.2) is 18.2 Å². The molecular formula is C13H14F3N5. The standard InChI is InChI=1S/C13H14F3N5/c1-8-17-12-6-5-9(7-21(12)20-8)18-11-4-2-3-10(19-11)13(14,15)16/h2-4,9H,5-7H2,1H3,(H,18,19)/t9-/m0/s1. The van der Waals surface area contributed by atoms with Gasteiger partial charge in [-0.25, -0.2) is 14.6 Å². The molecule has 0 fully saturated rings. The molecular weight excluding hydrogens is 283 g/mol. The summed E-state index contributed by atoms with van der Waals surface area (Å²) in [5.41, 5.74) is -0.888. The van der Waals surface area contributed by atoms with Gasteiger partial charge in [0.15, 0.2) is 0 Å². The molecule has 1 aliphatic rings. The topological polar surface area (TPSA) is 55.6 Å². The molecule has 0 radical (unpaired) electrons. The lowest BCUT2D eigenvalue weighted by atomic mass is 10.1. The maximum absolute atomic E-state index is 12.6. The summed E-state index contributed by atoms with van der Waals surface area (Å²) in [6, 6.07) is 3.85. The van der Waals surface area contributed by atoms with Gasteiger partial charge in [-0.15, -0.1) is 0 Å². The van der Waals surface area contributed by atoms with Crippen molar-refractivity contribution in [2.45, 2.75) is 38.5 Å². The van der Waals surface area contributed by atoms with E-state index in [1.807, 2.05) is 6.92 Å². The van der Waals surface area contributed by atoms with Gasteiger partial charge in [-0.1, -0.05) is 6.07 Å². The predicted molar refractivity (Wildman–Crippen MR) is 69.7 cm³/mol. The van der Waals surface area contributed by atoms with Gasteiger partial charge in [0.25, 0.3) is 0 Å². The van der Waals surface area contributed by atoms with Crippen molar-refractivity contribution in [2.75, 3.05) is 5.32 Å². The fourth-order valence-corrected chi connectivity index (χ4v) is 2.43. The van der Waals surface area contributed by atoms with Crippen molar-refractivity contribution in [2.24, 2.45) is 0 Å². The summed E-state index contributed by atoms with van der Waals surface area (Å²) in [7, 11) is 0. The lowest BCUT2D eigenvalue weighted by molar-refractivity contribution is -0.141. The monoisotopic (exact) mass is 297 g/mol. The largest absolute Gasteiger partial charge is 0.433 e. The Morgan fingerprint density at radius 3 is 2.86 bits per heavy atom. The number of halogens is 3. The molecule has 0 unspecified atom stereocenters. The number of nitrogens with one attached hydrogen (secondary N) is 1. The molecule has 112 valence electrons. The van der Waals surface area contributed by atoms with Gasteiger partial charge in [0.2, 0.25) is 0 Å². The second-order valence-electron chi connectivity index (χ2n) is 5.04. The van der Waals surface area contributed by atoms with E-state index < -0.39 is 11.9 Å². The summed E-state index contributed by atoms with van der Waals surface area (Å²) < 4.78 is 39.7. The molecule has 3 rings (SSSR count). The number of hydrogen-bond acceptors (Lipinski definition) is 4. The van der Waals surface area contributed by atoms with E-state index in [4.69, 9.17) is 0 Å². The minimum atomic E-state index is -4.43. The number of fused-ring (bicyclic) bond motifs is 1. The van der Waals surface area contributed by atoms with Gasteiger partial charge in [0.05, 0.1) is 6.54 Å². The number of aromatic nitrogens is 4. The van der Waals surface area contributed by atoms with Crippen LogP contribution < -0.4 is 5.32 Å². The molecule has 1 N–H and O–H groups in total. The first-order chi connectivity index (χ1) is 9.91. The Kier molecular flexibility index (Phi) is 3.30. The number of hydrogen-bond donors (Lipinski definition) is 1. The molecule has 0 bridgehead atoms. The van der Waals surface area contributed by atoms with E-state index >= 15 is 0 Å². The van der Waals surface area contributed by atoms with Crippen molar-refractivity contribution in [1.82, 2.24) is 19.7 Å². The Bertz CT molecular complexity index is 649. The minimum Gasteiger partial charge on any atom is -0.365 e. The highest BCUT2D eigenvalue weighted by atomic mass is 19.4. The highest BCUT2D eigenvalue weighted by Crippen LogP contribution is 2.28. The Labute approximate surface area is 119 Å². The number of alkyl halides is 3. The van der Waals surface area contributed by atoms with Crippen LogP contribution in [0.3, 0.4) is 0 Å². The van der Waals surface area contributed by atoms with Crippen molar-refractivity contribution >= 4 is 5.82 Å². The first-order valence-corrected chi connectivity index (χ1v) is 6.63. The number of anilines is 1. The normalized spacial score (nSPS) is 18.4. The second-order valence-corrected chi connectivity index (χ2v) is 5.04. The maximum atomic E-state index is 12.6. The van der Waals surface area contributed by atoms with Crippen molar-refractivity contribution in [1.29, 1.82) is 0 Å². The third-order valence-corrected chi connectivity index (χ3v) is 3.36. The Morgan fingerprint density at radius 1 is 1.29 bits per heavy atom. The third kappa shape index (κ3) is 2.98. The molecule has 0 saturated carbocycles. The molecule has 2 aromatic heterocycles. The van der Waals surface area contributed by atoms with E-state index in [1.165, 1.54) is 12.1 Å². The highest BCUT2D eigenvalue weighted by Gasteiger charge is 2.32. The van der Waals surface area contributed by atoms with Crippen LogP contribution in [-0.2, 0) is 19.1 Å². The molecule has 8 heteroatoms. The highest BCUT2D eigenvalue weighted by molar-refractivity contribution is 5.37. The van der Waals surface area contributed by atoms with Crippen molar-refractivity contribution in [3.05, 3.63) is 35.5 Å². The number of nitrogens with zero attached hydrogens (tertiary/aromatic N) is 4. The zero-order valence-corrected chi connectivity index (χ0v) is 11.4. The molecule has 3 heterocycles. The Hall–Kier alpha value is -2.12. The van der Waals surface area contributed by atoms with Crippen LogP contribution in [0, 0.1) is 6.92 Å². The van der Waals surface area contributed by atoms with E-state index in [2.05, 4.69) is 20.4 Å². The summed E-state index contributed by atoms with van der Waals surface area (Å²) in [6.07, 6.45) is -2.89. The zero-order valence-electron chi connectivity index (χ0n) is 11.4. The maximum Gasteiger partial charge on any atom is 0.433 e. The first-order valence-electron chi connectivity index (χ1n) is 6.63. The lowest BCUT2D eigenvalue weighted by Gasteiger charge is -2.24. The van der Waals surface area contributed by atoms with Gasteiger partial charge in [0.1, 0.15) is 23.2 Å². The van der Waals surface area contributed by atoms with Crippen LogP contribution in [0.4, 0.5) is 19.0 Å². The van der Waals surface area contributed by atoms with Gasteiger partial charge in [-0.3, -0.25) is 0 Å². The quantitative estimate of drug-likeness (QED) is 0.925. The molecule has 0 aromatic carbocycles. The predicted octanol–water partition coefficient (Wildman–Crippen LogP) is 2.43. The van der Waals surface area contributed by atoms with Crippen molar-refractivity contribution in [3.63, 3.8) is 0 Å². The zero-order chi connectivity index (χ0) is 15.0. The van der Waals surface area contributed by atoms with E-state index in [0.29, 0.717) is 12.4 Å². The van der Waals surface area contributed by atoms with Crippen LogP contribution in [0.2, 0.25) is 0 Å². The SMILES string of the molecule is Cc1nc2n(n1)C[C@@H](Nc1cccc(C(F)(F)F)n1)CC2. The fraction of sp³-hybridized carbons (Fsp3) is 0.462. The molecule has 1 atom stereocenters. The fourth-order valence-electron chi connectivity index (χ4n) is 2.43. The smallest absolute Gasteiger partial charge is 0.365 e. The molecule has 5 nitrogen and oxygen atoms in total. The summed E-state index contributed by atoms with van der Waals surface area (Å²) >= 11 is 0. The van der Waals surface area contributed by atoms with Crippen LogP contribution in [0.5, 0.6) is 0 Å². The number of pyridine rings is 1. The Balaban J connectivity index is 1.73. The van der Waals surface area contributed by atoms with E-state index in [0.717, 1.165) is 24.7 Å². The van der Waals surface area contributed by atoms with Crippen LogP contribution in [-0.4, -0.2) is 25.8 Å². The molecule has 0 amide bonds. The van der Waals surface area contributed by atoms with Gasteiger partial charge in [-0.05, 0) is 25.5 Å². The van der Waals surface area contributed by atoms with Crippen LogP contribution >= 0.6 is 0 Å². The van der Waals surface area contributed by atoms with Gasteiger partial charge < -0.3 is 5.32 Å². The number of aryl methyl sites for hydroxylation is 2. The molecule has 0 aliphatic carbocycles. The van der Waals surface area contributed by atoms with Crippen molar-refractivity contribution < 1.29 is 13.2 Å². The van der Waals surface area contributed by atoms with E-state index in [-0.39, 0.29) is 11.9 Å². The van der Waals surface area contributed by atoms with Gasteiger partial charge in [0, 0.05) is 12.5 Å². The third-order valence-electron chi connectivity index (χ3n) is 3.36. The Morgan fingerprint density at radius 2 is 2.10 bits per heavy atom. The first kappa shape index (κ1) is 13.8. The van der Waals surface area contributed by atoms with E-state index in [9.17, 15) is 13.2 Å².